The first-order chi connectivity index (χ1) is 8.02. The number of amides is 2. The number of aliphatic carboxylic acids is 1. The van der Waals surface area contributed by atoms with E-state index in [9.17, 15) is 9.59 Å². The van der Waals surface area contributed by atoms with Gasteiger partial charge in [-0.2, -0.15) is 11.8 Å². The van der Waals surface area contributed by atoms with Crippen molar-refractivity contribution in [2.75, 3.05) is 19.8 Å². The second-order valence-corrected chi connectivity index (χ2v) is 5.56. The van der Waals surface area contributed by atoms with E-state index in [2.05, 4.69) is 11.6 Å². The van der Waals surface area contributed by atoms with Crippen LogP contribution in [0.15, 0.2) is 0 Å². The molecule has 5 nitrogen and oxygen atoms in total. The Bertz CT molecular complexity index is 286. The normalized spacial score (nSPS) is 24.1. The smallest absolute Gasteiger partial charge is 0.323 e. The second kappa shape index (κ2) is 6.74. The monoisotopic (exact) mass is 260 g/mol. The van der Waals surface area contributed by atoms with E-state index in [1.165, 1.54) is 18.4 Å². The zero-order valence-electron chi connectivity index (χ0n) is 10.3. The average molecular weight is 260 g/mol. The molecule has 0 aliphatic heterocycles. The van der Waals surface area contributed by atoms with Gasteiger partial charge in [-0.15, -0.1) is 0 Å². The minimum atomic E-state index is -0.992. The lowest BCUT2D eigenvalue weighted by Crippen LogP contribution is -2.46. The lowest BCUT2D eigenvalue weighted by atomic mass is 9.95. The van der Waals surface area contributed by atoms with Crippen molar-refractivity contribution in [3.05, 3.63) is 0 Å². The summed E-state index contributed by atoms with van der Waals surface area (Å²) in [5.41, 5.74) is 0. The van der Waals surface area contributed by atoms with Crippen LogP contribution in [-0.4, -0.2) is 53.1 Å². The summed E-state index contributed by atoms with van der Waals surface area (Å²) >= 11 is 1.84. The van der Waals surface area contributed by atoms with E-state index < -0.39 is 5.97 Å². The van der Waals surface area contributed by atoms with Gasteiger partial charge in [0.25, 0.3) is 0 Å². The summed E-state index contributed by atoms with van der Waals surface area (Å²) in [6.45, 7) is -0.259. The molecule has 0 spiro atoms. The number of carboxylic acids is 1. The Morgan fingerprint density at radius 3 is 2.76 bits per heavy atom. The minimum Gasteiger partial charge on any atom is -0.480 e. The lowest BCUT2D eigenvalue weighted by Gasteiger charge is -2.30. The Balaban J connectivity index is 2.37. The van der Waals surface area contributed by atoms with Crippen LogP contribution in [0, 0.1) is 0 Å². The highest BCUT2D eigenvalue weighted by Gasteiger charge is 2.23. The largest absolute Gasteiger partial charge is 0.480 e. The predicted molar refractivity (Wildman–Crippen MR) is 68.4 cm³/mol. The van der Waals surface area contributed by atoms with Crippen LogP contribution in [0.5, 0.6) is 0 Å². The van der Waals surface area contributed by atoms with E-state index in [1.807, 2.05) is 11.8 Å². The van der Waals surface area contributed by atoms with Crippen molar-refractivity contribution in [2.24, 2.45) is 0 Å². The highest BCUT2D eigenvalue weighted by atomic mass is 32.2. The number of carbonyl (C=O) groups excluding carboxylic acids is 1. The van der Waals surface area contributed by atoms with Crippen LogP contribution in [0.2, 0.25) is 0 Å². The van der Waals surface area contributed by atoms with Crippen molar-refractivity contribution in [1.82, 2.24) is 10.2 Å². The van der Waals surface area contributed by atoms with Crippen LogP contribution in [0.3, 0.4) is 0 Å². The van der Waals surface area contributed by atoms with Gasteiger partial charge in [-0.05, 0) is 25.5 Å². The van der Waals surface area contributed by atoms with Gasteiger partial charge in [-0.3, -0.25) is 4.79 Å². The third-order valence-electron chi connectivity index (χ3n) is 3.01. The summed E-state index contributed by atoms with van der Waals surface area (Å²) in [7, 11) is 1.50. The van der Waals surface area contributed by atoms with Gasteiger partial charge in [0.15, 0.2) is 0 Å². The number of hydrogen-bond donors (Lipinski definition) is 2. The summed E-state index contributed by atoms with van der Waals surface area (Å²) in [5, 5.41) is 12.1. The van der Waals surface area contributed by atoms with E-state index >= 15 is 0 Å². The minimum absolute atomic E-state index is 0.185. The number of carbonyl (C=O) groups is 2. The topological polar surface area (TPSA) is 69.6 Å². The second-order valence-electron chi connectivity index (χ2n) is 4.42. The molecule has 6 heteroatoms. The molecule has 2 amide bonds. The van der Waals surface area contributed by atoms with Crippen LogP contribution in [-0.2, 0) is 4.79 Å². The Labute approximate surface area is 106 Å². The van der Waals surface area contributed by atoms with Gasteiger partial charge in [-0.1, -0.05) is 6.42 Å². The molecule has 1 fully saturated rings. The van der Waals surface area contributed by atoms with Crippen LogP contribution >= 0.6 is 11.8 Å². The highest BCUT2D eigenvalue weighted by molar-refractivity contribution is 7.99. The van der Waals surface area contributed by atoms with Crippen molar-refractivity contribution < 1.29 is 14.7 Å². The summed E-state index contributed by atoms with van der Waals surface area (Å²) in [4.78, 5) is 23.4. The molecule has 0 heterocycles. The van der Waals surface area contributed by atoms with Gasteiger partial charge in [-0.25, -0.2) is 4.79 Å². The average Bonchev–Trinajstić information content (AvgIpc) is 2.28. The van der Waals surface area contributed by atoms with Crippen LogP contribution < -0.4 is 5.32 Å². The van der Waals surface area contributed by atoms with Gasteiger partial charge >= 0.3 is 12.0 Å². The molecule has 98 valence electrons. The molecule has 1 aliphatic rings. The maximum absolute atomic E-state index is 11.7. The van der Waals surface area contributed by atoms with Crippen molar-refractivity contribution in [3.63, 3.8) is 0 Å². The highest BCUT2D eigenvalue weighted by Crippen LogP contribution is 2.26. The number of thioether (sulfide) groups is 1. The number of hydrogen-bond acceptors (Lipinski definition) is 3. The maximum atomic E-state index is 11.7. The standard InChI is InChI=1S/C11H20N2O3S/c1-13(7-10(14)15)11(16)12-8-4-3-5-9(6-8)17-2/h8-9H,3-7H2,1-2H3,(H,12,16)(H,14,15). The van der Waals surface area contributed by atoms with Gasteiger partial charge in [0, 0.05) is 18.3 Å². The molecule has 2 atom stereocenters. The zero-order valence-corrected chi connectivity index (χ0v) is 11.1. The Kier molecular flexibility index (Phi) is 5.61. The lowest BCUT2D eigenvalue weighted by molar-refractivity contribution is -0.137. The van der Waals surface area contributed by atoms with Crippen LogP contribution in [0.25, 0.3) is 0 Å². The van der Waals surface area contributed by atoms with Crippen molar-refractivity contribution >= 4 is 23.8 Å². The van der Waals surface area contributed by atoms with Crippen molar-refractivity contribution in [3.8, 4) is 0 Å². The Hall–Kier alpha value is -0.910. The van der Waals surface area contributed by atoms with E-state index in [-0.39, 0.29) is 18.6 Å². The summed E-state index contributed by atoms with van der Waals surface area (Å²) in [5.74, 6) is -0.992. The first-order valence-corrected chi connectivity index (χ1v) is 7.08. The molecule has 0 aromatic carbocycles. The van der Waals surface area contributed by atoms with Gasteiger partial charge in [0.05, 0.1) is 0 Å². The SMILES string of the molecule is CSC1CCCC(NC(=O)N(C)CC(=O)O)C1. The van der Waals surface area contributed by atoms with Gasteiger partial charge in [0.2, 0.25) is 0 Å². The molecule has 0 aromatic rings. The fourth-order valence-corrected chi connectivity index (χ4v) is 2.88. The van der Waals surface area contributed by atoms with E-state index in [0.29, 0.717) is 5.25 Å². The van der Waals surface area contributed by atoms with E-state index in [1.54, 1.807) is 0 Å². The molecule has 0 radical (unpaired) electrons. The molecule has 0 aromatic heterocycles. The molecule has 2 N–H and O–H groups in total. The number of likely N-dealkylation sites (N-methyl/N-ethyl adjacent to an activating group) is 1. The number of urea groups is 1. The zero-order chi connectivity index (χ0) is 12.8. The molecule has 0 bridgehead atoms. The molecule has 17 heavy (non-hydrogen) atoms. The quantitative estimate of drug-likeness (QED) is 0.801. The Morgan fingerprint density at radius 1 is 1.47 bits per heavy atom. The third kappa shape index (κ3) is 4.85. The first-order valence-electron chi connectivity index (χ1n) is 5.79. The molecule has 1 saturated carbocycles. The fourth-order valence-electron chi connectivity index (χ4n) is 2.05. The molecule has 1 rings (SSSR count). The number of carboxylic acid groups (broad SMARTS) is 1. The van der Waals surface area contributed by atoms with Gasteiger partial charge in [0.1, 0.15) is 6.54 Å². The first kappa shape index (κ1) is 14.2. The van der Waals surface area contributed by atoms with E-state index in [0.717, 1.165) is 19.3 Å². The van der Waals surface area contributed by atoms with Crippen LogP contribution in [0.4, 0.5) is 4.79 Å². The molecular formula is C11H20N2O3S. The van der Waals surface area contributed by atoms with Gasteiger partial charge < -0.3 is 15.3 Å². The molecule has 2 unspecified atom stereocenters. The summed E-state index contributed by atoms with van der Waals surface area (Å²) in [6.07, 6.45) is 6.39. The maximum Gasteiger partial charge on any atom is 0.323 e. The summed E-state index contributed by atoms with van der Waals surface area (Å²) in [6, 6.07) is -0.107. The molecule has 1 aliphatic carbocycles. The van der Waals surface area contributed by atoms with E-state index in [4.69, 9.17) is 5.11 Å². The molecule has 0 saturated heterocycles. The predicted octanol–water partition coefficient (Wildman–Crippen LogP) is 1.39. The number of nitrogens with zero attached hydrogens (tertiary/aromatic N) is 1. The fraction of sp³-hybridized carbons (Fsp3) is 0.818. The third-order valence-corrected chi connectivity index (χ3v) is 4.10. The molecular weight excluding hydrogens is 240 g/mol. The summed E-state index contributed by atoms with van der Waals surface area (Å²) < 4.78 is 0. The number of rotatable bonds is 4. The van der Waals surface area contributed by atoms with Crippen LogP contribution in [0.1, 0.15) is 25.7 Å². The number of nitrogens with one attached hydrogen (secondary N) is 1. The van der Waals surface area contributed by atoms with Crippen molar-refractivity contribution in [1.29, 1.82) is 0 Å². The van der Waals surface area contributed by atoms with Crippen molar-refractivity contribution in [2.45, 2.75) is 37.0 Å². The Morgan fingerprint density at radius 2 is 2.18 bits per heavy atom.